The van der Waals surface area contributed by atoms with Crippen LogP contribution in [0, 0.1) is 0 Å². The first kappa shape index (κ1) is 17.8. The van der Waals surface area contributed by atoms with Crippen LogP contribution >= 0.6 is 11.6 Å². The molecule has 0 unspecified atom stereocenters. The zero-order valence-electron chi connectivity index (χ0n) is 12.6. The lowest BCUT2D eigenvalue weighted by Crippen LogP contribution is -2.26. The molecular weight excluding hydrogens is 290 g/mol. The molecule has 1 rings (SSSR count). The van der Waals surface area contributed by atoms with E-state index in [1.807, 2.05) is 12.1 Å². The van der Waals surface area contributed by atoms with Gasteiger partial charge in [0.1, 0.15) is 5.75 Å². The number of amides is 1. The van der Waals surface area contributed by atoms with Gasteiger partial charge in [-0.3, -0.25) is 4.79 Å². The van der Waals surface area contributed by atoms with E-state index in [1.54, 1.807) is 12.1 Å². The highest BCUT2D eigenvalue weighted by Gasteiger charge is 2.03. The number of benzene rings is 1. The van der Waals surface area contributed by atoms with Gasteiger partial charge in [0.05, 0.1) is 18.1 Å². The fraction of sp³-hybridized carbons (Fsp3) is 0.562. The van der Waals surface area contributed by atoms with E-state index in [2.05, 4.69) is 12.2 Å². The zero-order valence-corrected chi connectivity index (χ0v) is 13.3. The van der Waals surface area contributed by atoms with E-state index in [9.17, 15) is 4.79 Å². The van der Waals surface area contributed by atoms with Gasteiger partial charge < -0.3 is 14.8 Å². The quantitative estimate of drug-likeness (QED) is 0.637. The van der Waals surface area contributed by atoms with E-state index in [1.165, 1.54) is 0 Å². The Kier molecular flexibility index (Phi) is 9.66. The molecule has 0 radical (unpaired) electrons. The van der Waals surface area contributed by atoms with Gasteiger partial charge >= 0.3 is 0 Å². The highest BCUT2D eigenvalue weighted by molar-refractivity contribution is 6.32. The highest BCUT2D eigenvalue weighted by atomic mass is 35.5. The molecule has 0 spiro atoms. The third-order valence-electron chi connectivity index (χ3n) is 2.85. The lowest BCUT2D eigenvalue weighted by atomic mass is 10.3. The summed E-state index contributed by atoms with van der Waals surface area (Å²) in [5.41, 5.74) is 0. The molecule has 0 bridgehead atoms. The van der Waals surface area contributed by atoms with Crippen molar-refractivity contribution < 1.29 is 14.3 Å². The van der Waals surface area contributed by atoms with Crippen molar-refractivity contribution >= 4 is 17.5 Å². The summed E-state index contributed by atoms with van der Waals surface area (Å²) in [4.78, 5) is 11.6. The van der Waals surface area contributed by atoms with Crippen LogP contribution in [0.3, 0.4) is 0 Å². The topological polar surface area (TPSA) is 47.6 Å². The van der Waals surface area contributed by atoms with E-state index < -0.39 is 0 Å². The number of para-hydroxylation sites is 1. The maximum absolute atomic E-state index is 11.6. The lowest BCUT2D eigenvalue weighted by molar-refractivity contribution is -0.121. The summed E-state index contributed by atoms with van der Waals surface area (Å²) in [5.74, 6) is 0.590. The normalized spacial score (nSPS) is 10.4. The van der Waals surface area contributed by atoms with Gasteiger partial charge in [-0.2, -0.15) is 0 Å². The first-order chi connectivity index (χ1) is 10.2. The monoisotopic (exact) mass is 313 g/mol. The molecule has 1 aromatic carbocycles. The van der Waals surface area contributed by atoms with E-state index in [0.29, 0.717) is 37.0 Å². The summed E-state index contributed by atoms with van der Waals surface area (Å²) in [6, 6.07) is 7.23. The molecule has 0 fully saturated rings. The van der Waals surface area contributed by atoms with Crippen LogP contribution in [-0.4, -0.2) is 32.3 Å². The number of nitrogens with one attached hydrogen (secondary N) is 1. The number of halogens is 1. The second-order valence-electron chi connectivity index (χ2n) is 4.70. The molecule has 1 aromatic rings. The Balaban J connectivity index is 2.00. The Hall–Kier alpha value is -1.26. The van der Waals surface area contributed by atoms with E-state index >= 15 is 0 Å². The summed E-state index contributed by atoms with van der Waals surface area (Å²) in [6.07, 6.45) is 3.39. The van der Waals surface area contributed by atoms with E-state index in [4.69, 9.17) is 21.1 Å². The van der Waals surface area contributed by atoms with E-state index in [0.717, 1.165) is 25.9 Å². The first-order valence-electron chi connectivity index (χ1n) is 7.45. The third kappa shape index (κ3) is 8.58. The average Bonchev–Trinajstić information content (AvgIpc) is 2.48. The SMILES string of the molecule is CCCCOCCCNC(=O)CCOc1ccccc1Cl. The average molecular weight is 314 g/mol. The van der Waals surface area contributed by atoms with Gasteiger partial charge in [0.25, 0.3) is 0 Å². The molecule has 0 saturated heterocycles. The van der Waals surface area contributed by atoms with Crippen molar-refractivity contribution in [2.45, 2.75) is 32.6 Å². The Morgan fingerprint density at radius 1 is 1.19 bits per heavy atom. The number of carbonyl (C=O) groups is 1. The van der Waals surface area contributed by atoms with Gasteiger partial charge in [-0.25, -0.2) is 0 Å². The molecule has 118 valence electrons. The molecule has 0 aliphatic carbocycles. The van der Waals surface area contributed by atoms with Crippen molar-refractivity contribution in [2.75, 3.05) is 26.4 Å². The standard InChI is InChI=1S/C16H24ClNO3/c1-2-3-11-20-12-6-10-18-16(19)9-13-21-15-8-5-4-7-14(15)17/h4-5,7-8H,2-3,6,9-13H2,1H3,(H,18,19). The molecule has 1 N–H and O–H groups in total. The zero-order chi connectivity index (χ0) is 15.3. The summed E-state index contributed by atoms with van der Waals surface area (Å²) in [6.45, 7) is 4.58. The van der Waals surface area contributed by atoms with Gasteiger partial charge in [0.2, 0.25) is 5.91 Å². The molecule has 5 heteroatoms. The van der Waals surface area contributed by atoms with Crippen LogP contribution in [0.15, 0.2) is 24.3 Å². The predicted octanol–water partition coefficient (Wildman–Crippen LogP) is 3.43. The number of ether oxygens (including phenoxy) is 2. The van der Waals surface area contributed by atoms with Crippen molar-refractivity contribution in [1.29, 1.82) is 0 Å². The minimum absolute atomic E-state index is 0.0180. The fourth-order valence-corrected chi connectivity index (χ4v) is 1.84. The summed E-state index contributed by atoms with van der Waals surface area (Å²) < 4.78 is 10.9. The molecule has 0 aromatic heterocycles. The first-order valence-corrected chi connectivity index (χ1v) is 7.83. The smallest absolute Gasteiger partial charge is 0.223 e. The van der Waals surface area contributed by atoms with Crippen molar-refractivity contribution in [3.8, 4) is 5.75 Å². The van der Waals surface area contributed by atoms with Gasteiger partial charge in [0.15, 0.2) is 0 Å². The second-order valence-corrected chi connectivity index (χ2v) is 5.11. The molecule has 4 nitrogen and oxygen atoms in total. The maximum Gasteiger partial charge on any atom is 0.223 e. The van der Waals surface area contributed by atoms with Gasteiger partial charge in [0, 0.05) is 19.8 Å². The van der Waals surface area contributed by atoms with Crippen LogP contribution in [0.5, 0.6) is 5.75 Å². The summed E-state index contributed by atoms with van der Waals surface area (Å²) >= 11 is 5.95. The molecule has 0 aliphatic heterocycles. The molecule has 21 heavy (non-hydrogen) atoms. The molecular formula is C16H24ClNO3. The van der Waals surface area contributed by atoms with Gasteiger partial charge in [-0.05, 0) is 25.0 Å². The van der Waals surface area contributed by atoms with Crippen LogP contribution in [0.1, 0.15) is 32.6 Å². The predicted molar refractivity (Wildman–Crippen MR) is 84.9 cm³/mol. The summed E-state index contributed by atoms with van der Waals surface area (Å²) in [7, 11) is 0. The molecule has 1 amide bonds. The van der Waals surface area contributed by atoms with Crippen LogP contribution < -0.4 is 10.1 Å². The Morgan fingerprint density at radius 2 is 1.95 bits per heavy atom. The van der Waals surface area contributed by atoms with E-state index in [-0.39, 0.29) is 5.91 Å². The molecule has 0 aliphatic rings. The van der Waals surface area contributed by atoms with Crippen LogP contribution in [0.4, 0.5) is 0 Å². The fourth-order valence-electron chi connectivity index (χ4n) is 1.65. The minimum atomic E-state index is -0.0180. The number of hydrogen-bond donors (Lipinski definition) is 1. The van der Waals surface area contributed by atoms with Crippen molar-refractivity contribution in [1.82, 2.24) is 5.32 Å². The van der Waals surface area contributed by atoms with Crippen LogP contribution in [-0.2, 0) is 9.53 Å². The highest BCUT2D eigenvalue weighted by Crippen LogP contribution is 2.22. The Labute approximate surface area is 131 Å². The Morgan fingerprint density at radius 3 is 2.71 bits per heavy atom. The maximum atomic E-state index is 11.6. The number of unbranched alkanes of at least 4 members (excludes halogenated alkanes) is 1. The largest absolute Gasteiger partial charge is 0.491 e. The van der Waals surface area contributed by atoms with Crippen molar-refractivity contribution in [2.24, 2.45) is 0 Å². The minimum Gasteiger partial charge on any atom is -0.491 e. The second kappa shape index (κ2) is 11.4. The molecule has 0 saturated carbocycles. The number of carbonyl (C=O) groups excluding carboxylic acids is 1. The number of rotatable bonds is 11. The van der Waals surface area contributed by atoms with Gasteiger partial charge in [-0.15, -0.1) is 0 Å². The molecule has 0 atom stereocenters. The summed E-state index contributed by atoms with van der Waals surface area (Å²) in [5, 5.41) is 3.40. The van der Waals surface area contributed by atoms with Crippen LogP contribution in [0.25, 0.3) is 0 Å². The van der Waals surface area contributed by atoms with Gasteiger partial charge in [-0.1, -0.05) is 37.1 Å². The van der Waals surface area contributed by atoms with Crippen molar-refractivity contribution in [3.05, 3.63) is 29.3 Å². The molecule has 0 heterocycles. The van der Waals surface area contributed by atoms with Crippen molar-refractivity contribution in [3.63, 3.8) is 0 Å². The third-order valence-corrected chi connectivity index (χ3v) is 3.17. The number of hydrogen-bond acceptors (Lipinski definition) is 3. The van der Waals surface area contributed by atoms with Crippen LogP contribution in [0.2, 0.25) is 5.02 Å². The Bertz CT molecular complexity index is 412. The lowest BCUT2D eigenvalue weighted by Gasteiger charge is -2.08.